The fourth-order valence-electron chi connectivity index (χ4n) is 6.17. The average Bonchev–Trinajstić information content (AvgIpc) is 3.22. The summed E-state index contributed by atoms with van der Waals surface area (Å²) in [4.78, 5) is 42.0. The number of nitrogens with zero attached hydrogens (tertiary/aromatic N) is 2. The first kappa shape index (κ1) is 51.6. The summed E-state index contributed by atoms with van der Waals surface area (Å²) in [5.74, 6) is -7.30. The van der Waals surface area contributed by atoms with E-state index < -0.39 is 81.1 Å². The Morgan fingerprint density at radius 1 is 0.754 bits per heavy atom. The van der Waals surface area contributed by atoms with Gasteiger partial charge in [-0.05, 0) is 101 Å². The van der Waals surface area contributed by atoms with Crippen LogP contribution in [0.5, 0.6) is 11.8 Å². The van der Waals surface area contributed by atoms with Crippen molar-refractivity contribution in [2.75, 3.05) is 26.4 Å². The summed E-state index contributed by atoms with van der Waals surface area (Å²) in [5, 5.41) is 11.6. The standard InChI is InChI=1S/C20H19F4NO4.C19H19F2NO4.C2HF3O4S/c1-3-27-18(26)16-9-14(12-5-4-11(21)8-15(12)22)13-6-7-20(2,10-28-19(23)24)29-17(13)25-16;1-3-25-18(24)16-9-14(12-5-4-11(20)8-15(12)21)13-6-7-19(2,10-23)26-17(13)22-16;3-2(4,1(6)7)10(5,8)9/h4-5,8-9,19H,3,6-7,10H2,1-2H3;4-5,8-9,23H,3,6-7,10H2,1-2H3;(H,6,7). The zero-order valence-electron chi connectivity index (χ0n) is 34.5. The third-order valence-corrected chi connectivity index (χ3v) is 10.3. The molecule has 2 aromatic carbocycles. The van der Waals surface area contributed by atoms with Crippen LogP contribution in [-0.4, -0.2) is 96.0 Å². The van der Waals surface area contributed by atoms with E-state index in [4.69, 9.17) is 24.1 Å². The maximum absolute atomic E-state index is 14.4. The van der Waals surface area contributed by atoms with Gasteiger partial charge in [0.05, 0.1) is 26.4 Å². The number of hydrogen-bond acceptors (Lipinski definition) is 13. The van der Waals surface area contributed by atoms with E-state index in [-0.39, 0.29) is 54.1 Å². The normalized spacial score (nSPS) is 17.7. The van der Waals surface area contributed by atoms with Gasteiger partial charge in [-0.25, -0.2) is 41.9 Å². The number of aliphatic carboxylic acids is 1. The van der Waals surface area contributed by atoms with E-state index in [1.54, 1.807) is 27.7 Å². The number of pyridine rings is 2. The Balaban J connectivity index is 0.000000237. The van der Waals surface area contributed by atoms with Gasteiger partial charge in [0.1, 0.15) is 34.5 Å². The average molecular weight is 955 g/mol. The number of benzene rings is 2. The van der Waals surface area contributed by atoms with Gasteiger partial charge in [0.15, 0.2) is 11.4 Å². The number of carbonyl (C=O) groups excluding carboxylic acids is 2. The molecule has 24 heteroatoms. The van der Waals surface area contributed by atoms with Crippen molar-refractivity contribution in [1.82, 2.24) is 9.97 Å². The fourth-order valence-corrected chi connectivity index (χ4v) is 6.38. The number of ether oxygens (including phenoxy) is 5. The van der Waals surface area contributed by atoms with E-state index in [0.717, 1.165) is 24.3 Å². The highest BCUT2D eigenvalue weighted by atomic mass is 32.3. The van der Waals surface area contributed by atoms with Crippen molar-refractivity contribution in [1.29, 1.82) is 0 Å². The summed E-state index contributed by atoms with van der Waals surface area (Å²) >= 11 is 0. The predicted molar refractivity (Wildman–Crippen MR) is 207 cm³/mol. The van der Waals surface area contributed by atoms with Gasteiger partial charge in [0.2, 0.25) is 11.8 Å². The number of rotatable bonds is 12. The maximum Gasteiger partial charge on any atom is 0.470 e. The predicted octanol–water partition coefficient (Wildman–Crippen LogP) is 7.77. The molecule has 0 fully saturated rings. The largest absolute Gasteiger partial charge is 0.476 e. The van der Waals surface area contributed by atoms with Crippen LogP contribution in [0.1, 0.15) is 72.6 Å². The number of fused-ring (bicyclic) bond motifs is 2. The number of esters is 2. The van der Waals surface area contributed by atoms with E-state index in [1.165, 1.54) is 24.3 Å². The molecule has 2 aliphatic rings. The first-order chi connectivity index (χ1) is 30.3. The molecule has 354 valence electrons. The van der Waals surface area contributed by atoms with Crippen LogP contribution in [0.4, 0.5) is 39.0 Å². The summed E-state index contributed by atoms with van der Waals surface area (Å²) in [6, 6.07) is 9.12. The molecular weight excluding hydrogens is 916 g/mol. The lowest BCUT2D eigenvalue weighted by molar-refractivity contribution is -0.164. The lowest BCUT2D eigenvalue weighted by Crippen LogP contribution is -2.42. The monoisotopic (exact) mass is 954 g/mol. The van der Waals surface area contributed by atoms with Crippen LogP contribution in [0.2, 0.25) is 0 Å². The quantitative estimate of drug-likeness (QED) is 0.0793. The molecule has 0 saturated carbocycles. The van der Waals surface area contributed by atoms with Crippen molar-refractivity contribution in [3.8, 4) is 34.0 Å². The highest BCUT2D eigenvalue weighted by molar-refractivity contribution is 7.88. The number of carboxylic acids is 1. The Morgan fingerprint density at radius 2 is 1.17 bits per heavy atom. The highest BCUT2D eigenvalue weighted by Gasteiger charge is 2.54. The molecule has 0 bridgehead atoms. The Kier molecular flexibility index (Phi) is 16.6. The lowest BCUT2D eigenvalue weighted by Gasteiger charge is -2.35. The summed E-state index contributed by atoms with van der Waals surface area (Å²) in [6.45, 7) is 3.27. The van der Waals surface area contributed by atoms with Crippen LogP contribution < -0.4 is 9.47 Å². The SMILES string of the molecule is CCOC(=O)c1cc(-c2ccc(F)cc2F)c2c(n1)OC(C)(CO)CC2.CCOC(=O)c1cc(-c2ccc(F)cc2F)c2c(n1)OC(C)(COC(F)F)CC2.O=C(O)C(F)(F)S(=O)(=O)F. The number of halogens is 9. The molecule has 2 unspecified atom stereocenters. The topological polar surface area (TPSA) is 198 Å². The molecule has 2 atom stereocenters. The van der Waals surface area contributed by atoms with Gasteiger partial charge < -0.3 is 33.9 Å². The van der Waals surface area contributed by atoms with Crippen molar-refractivity contribution in [3.63, 3.8) is 0 Å². The van der Waals surface area contributed by atoms with Gasteiger partial charge >= 0.3 is 40.0 Å². The Labute approximate surface area is 364 Å². The molecule has 2 aliphatic heterocycles. The van der Waals surface area contributed by atoms with E-state index in [2.05, 4.69) is 14.7 Å². The van der Waals surface area contributed by atoms with Crippen LogP contribution in [0.25, 0.3) is 22.3 Å². The summed E-state index contributed by atoms with van der Waals surface area (Å²) in [5.41, 5.74) is -0.127. The van der Waals surface area contributed by atoms with Crippen molar-refractivity contribution < 1.29 is 95.7 Å². The van der Waals surface area contributed by atoms with Gasteiger partial charge in [-0.15, -0.1) is 0 Å². The molecule has 0 aliphatic carbocycles. The second kappa shape index (κ2) is 20.9. The van der Waals surface area contributed by atoms with Gasteiger partial charge in [-0.2, -0.15) is 26.0 Å². The number of hydrogen-bond donors (Lipinski definition) is 2. The zero-order chi connectivity index (χ0) is 48.7. The minimum absolute atomic E-state index is 0.000828. The van der Waals surface area contributed by atoms with Crippen LogP contribution in [0, 0.1) is 23.3 Å². The third-order valence-electron chi connectivity index (χ3n) is 9.48. The molecule has 6 rings (SSSR count). The zero-order valence-corrected chi connectivity index (χ0v) is 35.4. The smallest absolute Gasteiger partial charge is 0.470 e. The minimum atomic E-state index is -6.33. The lowest BCUT2D eigenvalue weighted by atomic mass is 9.89. The number of aromatic nitrogens is 2. The van der Waals surface area contributed by atoms with Crippen LogP contribution in [-0.2, 0) is 42.1 Å². The highest BCUT2D eigenvalue weighted by Crippen LogP contribution is 2.41. The van der Waals surface area contributed by atoms with Crippen molar-refractivity contribution in [3.05, 3.63) is 94.3 Å². The van der Waals surface area contributed by atoms with Gasteiger partial charge in [-0.1, -0.05) is 3.89 Å². The van der Waals surface area contributed by atoms with E-state index in [9.17, 15) is 66.9 Å². The van der Waals surface area contributed by atoms with Crippen LogP contribution >= 0.6 is 0 Å². The van der Waals surface area contributed by atoms with Crippen LogP contribution in [0.15, 0.2) is 48.5 Å². The molecule has 0 spiro atoms. The molecule has 0 saturated heterocycles. The van der Waals surface area contributed by atoms with Crippen molar-refractivity contribution in [2.45, 2.75) is 76.4 Å². The summed E-state index contributed by atoms with van der Waals surface area (Å²) < 4.78 is 159. The van der Waals surface area contributed by atoms with Gasteiger partial charge in [0.25, 0.3) is 0 Å². The number of aliphatic hydroxyl groups excluding tert-OH is 1. The number of aliphatic hydroxyl groups is 1. The van der Waals surface area contributed by atoms with E-state index in [0.29, 0.717) is 47.9 Å². The molecule has 0 radical (unpaired) electrons. The number of carbonyl (C=O) groups is 3. The van der Waals surface area contributed by atoms with Crippen molar-refractivity contribution in [2.24, 2.45) is 0 Å². The fraction of sp³-hybridized carbons (Fsp3) is 0.390. The third kappa shape index (κ3) is 12.6. The summed E-state index contributed by atoms with van der Waals surface area (Å²) in [6.07, 6.45) is 1.56. The second-order valence-electron chi connectivity index (χ2n) is 14.5. The van der Waals surface area contributed by atoms with E-state index in [1.807, 2.05) is 0 Å². The molecule has 65 heavy (non-hydrogen) atoms. The maximum atomic E-state index is 14.4. The Morgan fingerprint density at radius 3 is 1.51 bits per heavy atom. The molecule has 4 aromatic rings. The first-order valence-electron chi connectivity index (χ1n) is 19.1. The number of carboxylic acid groups (broad SMARTS) is 1. The second-order valence-corrected chi connectivity index (χ2v) is 15.8. The minimum Gasteiger partial charge on any atom is -0.476 e. The Bertz CT molecular complexity index is 2530. The summed E-state index contributed by atoms with van der Waals surface area (Å²) in [7, 11) is -6.33. The number of alkyl halides is 4. The molecule has 0 amide bonds. The van der Waals surface area contributed by atoms with Crippen molar-refractivity contribution >= 4 is 28.1 Å². The van der Waals surface area contributed by atoms with Crippen LogP contribution in [0.3, 0.4) is 0 Å². The first-order valence-corrected chi connectivity index (χ1v) is 20.4. The van der Waals surface area contributed by atoms with Gasteiger partial charge in [0, 0.05) is 34.4 Å². The molecule has 2 aromatic heterocycles. The van der Waals surface area contributed by atoms with E-state index >= 15 is 0 Å². The molecule has 14 nitrogen and oxygen atoms in total. The molecule has 2 N–H and O–H groups in total. The molecular formula is C41H39F9N2O12S. The van der Waals surface area contributed by atoms with Gasteiger partial charge in [-0.3, -0.25) is 0 Å². The Hall–Kier alpha value is -6.01. The molecule has 4 heterocycles.